The summed E-state index contributed by atoms with van der Waals surface area (Å²) in [5, 5.41) is 18.9. The number of nitriles is 1. The normalized spacial score (nSPS) is 10.5. The number of carboxylic acid groups (broad SMARTS) is 1. The van der Waals surface area contributed by atoms with Crippen molar-refractivity contribution in [3.63, 3.8) is 0 Å². The Labute approximate surface area is 156 Å². The maximum atomic E-state index is 11.6. The average Bonchev–Trinajstić information content (AvgIpc) is 2.99. The second-order valence-electron chi connectivity index (χ2n) is 5.80. The largest absolute Gasteiger partial charge is 0.477 e. The van der Waals surface area contributed by atoms with Gasteiger partial charge in [-0.1, -0.05) is 49.4 Å². The number of thioether (sulfide) groups is 1. The summed E-state index contributed by atoms with van der Waals surface area (Å²) < 4.78 is 1.48. The van der Waals surface area contributed by atoms with Crippen LogP contribution in [0.2, 0.25) is 0 Å². The van der Waals surface area contributed by atoms with E-state index in [4.69, 9.17) is 0 Å². The van der Waals surface area contributed by atoms with Gasteiger partial charge in [0, 0.05) is 23.7 Å². The fourth-order valence-electron chi connectivity index (χ4n) is 3.06. The first kappa shape index (κ1) is 17.8. The first-order valence-electron chi connectivity index (χ1n) is 8.22. The topological polar surface area (TPSA) is 66.0 Å². The summed E-state index contributed by atoms with van der Waals surface area (Å²) in [7, 11) is 1.64. The molecule has 0 saturated heterocycles. The molecule has 0 aliphatic carbocycles. The Hall–Kier alpha value is -2.97. The number of aromatic carboxylic acids is 1. The van der Waals surface area contributed by atoms with E-state index < -0.39 is 5.97 Å². The third kappa shape index (κ3) is 3.24. The Morgan fingerprint density at radius 2 is 1.81 bits per heavy atom. The molecule has 0 spiro atoms. The van der Waals surface area contributed by atoms with Crippen molar-refractivity contribution in [3.8, 4) is 28.3 Å². The van der Waals surface area contributed by atoms with Crippen LogP contribution >= 0.6 is 11.8 Å². The number of carboxylic acids is 1. The van der Waals surface area contributed by atoms with E-state index in [1.165, 1.54) is 9.46 Å². The highest BCUT2D eigenvalue weighted by Crippen LogP contribution is 2.34. The molecule has 3 aromatic rings. The summed E-state index contributed by atoms with van der Waals surface area (Å²) in [4.78, 5) is 12.8. The smallest absolute Gasteiger partial charge is 0.353 e. The van der Waals surface area contributed by atoms with Gasteiger partial charge < -0.3 is 9.67 Å². The molecule has 1 aromatic heterocycles. The molecule has 3 rings (SSSR count). The Balaban J connectivity index is 2.08. The fourth-order valence-corrected chi connectivity index (χ4v) is 3.89. The van der Waals surface area contributed by atoms with E-state index in [1.807, 2.05) is 36.4 Å². The molecule has 0 atom stereocenters. The van der Waals surface area contributed by atoms with Gasteiger partial charge in [-0.25, -0.2) is 4.79 Å². The maximum Gasteiger partial charge on any atom is 0.353 e. The molecule has 5 heteroatoms. The molecular weight excluding hydrogens is 344 g/mol. The highest BCUT2D eigenvalue weighted by atomic mass is 32.2. The molecule has 0 radical (unpaired) electrons. The molecule has 2 aromatic carbocycles. The van der Waals surface area contributed by atoms with E-state index >= 15 is 0 Å². The van der Waals surface area contributed by atoms with Crippen molar-refractivity contribution >= 4 is 17.7 Å². The Morgan fingerprint density at radius 1 is 1.15 bits per heavy atom. The zero-order valence-electron chi connectivity index (χ0n) is 14.6. The van der Waals surface area contributed by atoms with E-state index in [0.717, 1.165) is 22.4 Å². The number of nitrogens with zero attached hydrogens (tertiary/aromatic N) is 2. The molecule has 26 heavy (non-hydrogen) atoms. The number of hydrogen-bond acceptors (Lipinski definition) is 3. The number of carbonyl (C=O) groups is 1. The summed E-state index contributed by atoms with van der Waals surface area (Å²) in [6.07, 6.45) is 1.56. The Kier molecular flexibility index (Phi) is 5.15. The second kappa shape index (κ2) is 7.51. The molecule has 0 unspecified atom stereocenters. The van der Waals surface area contributed by atoms with Crippen molar-refractivity contribution in [2.24, 2.45) is 7.05 Å². The summed E-state index contributed by atoms with van der Waals surface area (Å²) in [5.74, 6) is -0.0511. The fraction of sp³-hybridized carbons (Fsp3) is 0.143. The highest BCUT2D eigenvalue weighted by Gasteiger charge is 2.21. The summed E-state index contributed by atoms with van der Waals surface area (Å²) >= 11 is 1.79. The van der Waals surface area contributed by atoms with Crippen molar-refractivity contribution in [1.82, 2.24) is 4.57 Å². The maximum absolute atomic E-state index is 11.6. The van der Waals surface area contributed by atoms with Crippen LogP contribution < -0.4 is 0 Å². The molecule has 0 saturated carbocycles. The SMILES string of the molecule is CCSc1ccccc1-c1ccc(-c2c(C#N)cn(C)c2C(=O)O)cc1. The lowest BCUT2D eigenvalue weighted by Crippen LogP contribution is -2.05. The van der Waals surface area contributed by atoms with E-state index in [2.05, 4.69) is 25.1 Å². The van der Waals surface area contributed by atoms with Crippen LogP contribution in [0.25, 0.3) is 22.3 Å². The Morgan fingerprint density at radius 3 is 2.42 bits per heavy atom. The molecule has 0 aliphatic heterocycles. The second-order valence-corrected chi connectivity index (χ2v) is 7.11. The van der Waals surface area contributed by atoms with Crippen LogP contribution in [0.5, 0.6) is 0 Å². The predicted octanol–water partition coefficient (Wildman–Crippen LogP) is 5.04. The first-order chi connectivity index (χ1) is 12.6. The van der Waals surface area contributed by atoms with Gasteiger partial charge in [0.15, 0.2) is 0 Å². The number of benzene rings is 2. The van der Waals surface area contributed by atoms with E-state index in [-0.39, 0.29) is 5.69 Å². The van der Waals surface area contributed by atoms with E-state index in [9.17, 15) is 15.2 Å². The summed E-state index contributed by atoms with van der Waals surface area (Å²) in [6, 6.07) is 18.0. The van der Waals surface area contributed by atoms with Crippen LogP contribution in [-0.2, 0) is 7.05 Å². The molecular formula is C21H18N2O2S. The minimum Gasteiger partial charge on any atom is -0.477 e. The number of aryl methyl sites for hydroxylation is 1. The van der Waals surface area contributed by atoms with Crippen LogP contribution in [0, 0.1) is 11.3 Å². The average molecular weight is 362 g/mol. The zero-order valence-corrected chi connectivity index (χ0v) is 15.4. The monoisotopic (exact) mass is 362 g/mol. The molecule has 0 bridgehead atoms. The molecule has 0 aliphatic rings. The molecule has 1 N–H and O–H groups in total. The molecule has 0 amide bonds. The minimum absolute atomic E-state index is 0.122. The third-order valence-electron chi connectivity index (χ3n) is 4.18. The molecule has 0 fully saturated rings. The lowest BCUT2D eigenvalue weighted by Gasteiger charge is -2.10. The lowest BCUT2D eigenvalue weighted by molar-refractivity contribution is 0.0687. The molecule has 1 heterocycles. The quantitative estimate of drug-likeness (QED) is 0.646. The van der Waals surface area contributed by atoms with Gasteiger partial charge >= 0.3 is 5.97 Å². The van der Waals surface area contributed by atoms with Gasteiger partial charge in [0.05, 0.1) is 5.56 Å². The van der Waals surface area contributed by atoms with Crippen LogP contribution in [-0.4, -0.2) is 21.4 Å². The highest BCUT2D eigenvalue weighted by molar-refractivity contribution is 7.99. The van der Waals surface area contributed by atoms with Crippen molar-refractivity contribution < 1.29 is 9.90 Å². The van der Waals surface area contributed by atoms with Crippen molar-refractivity contribution in [2.45, 2.75) is 11.8 Å². The molecule has 130 valence electrons. The zero-order chi connectivity index (χ0) is 18.7. The van der Waals surface area contributed by atoms with E-state index in [1.54, 1.807) is 25.0 Å². The number of hydrogen-bond donors (Lipinski definition) is 1. The summed E-state index contributed by atoms with van der Waals surface area (Å²) in [5.41, 5.74) is 3.89. The van der Waals surface area contributed by atoms with Gasteiger partial charge in [-0.15, -0.1) is 11.8 Å². The van der Waals surface area contributed by atoms with E-state index in [0.29, 0.717) is 11.1 Å². The van der Waals surface area contributed by atoms with Gasteiger partial charge in [0.25, 0.3) is 0 Å². The Bertz CT molecular complexity index is 998. The lowest BCUT2D eigenvalue weighted by atomic mass is 9.98. The van der Waals surface area contributed by atoms with Crippen molar-refractivity contribution in [2.75, 3.05) is 5.75 Å². The predicted molar refractivity (Wildman–Crippen MR) is 104 cm³/mol. The van der Waals surface area contributed by atoms with Gasteiger partial charge in [0.1, 0.15) is 11.8 Å². The standard InChI is InChI=1S/C21H18N2O2S/c1-3-26-18-7-5-4-6-17(18)14-8-10-15(11-9-14)19-16(12-22)13-23(2)20(19)21(24)25/h4-11,13H,3H2,1-2H3,(H,24,25). The number of rotatable bonds is 5. The van der Waals surface area contributed by atoms with Crippen LogP contribution in [0.1, 0.15) is 23.0 Å². The molecule has 4 nitrogen and oxygen atoms in total. The van der Waals surface area contributed by atoms with Crippen molar-refractivity contribution in [1.29, 1.82) is 5.26 Å². The van der Waals surface area contributed by atoms with Gasteiger partial charge in [-0.3, -0.25) is 0 Å². The van der Waals surface area contributed by atoms with Crippen LogP contribution in [0.4, 0.5) is 0 Å². The van der Waals surface area contributed by atoms with Gasteiger partial charge in [-0.05, 0) is 28.5 Å². The van der Waals surface area contributed by atoms with Gasteiger partial charge in [0.2, 0.25) is 0 Å². The first-order valence-corrected chi connectivity index (χ1v) is 9.20. The van der Waals surface area contributed by atoms with Crippen LogP contribution in [0.3, 0.4) is 0 Å². The van der Waals surface area contributed by atoms with Gasteiger partial charge in [-0.2, -0.15) is 5.26 Å². The van der Waals surface area contributed by atoms with Crippen LogP contribution in [0.15, 0.2) is 59.6 Å². The summed E-state index contributed by atoms with van der Waals surface area (Å²) in [6.45, 7) is 2.12. The minimum atomic E-state index is -1.04. The third-order valence-corrected chi connectivity index (χ3v) is 5.13. The number of aromatic nitrogens is 1. The van der Waals surface area contributed by atoms with Crippen molar-refractivity contribution in [3.05, 3.63) is 66.0 Å².